The molecule has 4 nitrogen and oxygen atoms in total. The molecule has 0 spiro atoms. The number of likely N-dealkylation sites (tertiary alicyclic amines) is 1. The molecular formula is C14H16F3NO3. The molecule has 1 N–H and O–H groups in total. The number of methoxy groups -OCH3 is 1. The van der Waals surface area contributed by atoms with Crippen molar-refractivity contribution in [3.05, 3.63) is 29.3 Å². The molecule has 116 valence electrons. The molecule has 1 amide bonds. The Morgan fingerprint density at radius 3 is 2.62 bits per heavy atom. The van der Waals surface area contributed by atoms with E-state index in [2.05, 4.69) is 0 Å². The summed E-state index contributed by atoms with van der Waals surface area (Å²) in [5.74, 6) is 0.325. The fourth-order valence-electron chi connectivity index (χ4n) is 2.54. The molecule has 0 aromatic heterocycles. The molecule has 2 rings (SSSR count). The Hall–Kier alpha value is -1.92. The SMILES string of the molecule is COc1cccc(C(F)(F)F)c1CCC1CN(C(=O)O)C1. The highest BCUT2D eigenvalue weighted by atomic mass is 19.4. The zero-order valence-corrected chi connectivity index (χ0v) is 11.5. The van der Waals surface area contributed by atoms with Crippen LogP contribution in [0.4, 0.5) is 18.0 Å². The smallest absolute Gasteiger partial charge is 0.416 e. The molecule has 21 heavy (non-hydrogen) atoms. The van der Waals surface area contributed by atoms with Gasteiger partial charge in [-0.2, -0.15) is 13.2 Å². The first-order chi connectivity index (χ1) is 9.82. The van der Waals surface area contributed by atoms with Gasteiger partial charge in [0.05, 0.1) is 12.7 Å². The van der Waals surface area contributed by atoms with E-state index in [1.807, 2.05) is 0 Å². The van der Waals surface area contributed by atoms with Crippen LogP contribution in [0, 0.1) is 5.92 Å². The second-order valence-electron chi connectivity index (χ2n) is 5.08. The molecule has 1 aromatic rings. The number of rotatable bonds is 4. The van der Waals surface area contributed by atoms with Gasteiger partial charge < -0.3 is 14.7 Å². The van der Waals surface area contributed by atoms with Crippen molar-refractivity contribution in [1.29, 1.82) is 0 Å². The quantitative estimate of drug-likeness (QED) is 0.929. The third-order valence-electron chi connectivity index (χ3n) is 3.69. The van der Waals surface area contributed by atoms with Crippen LogP contribution >= 0.6 is 0 Å². The van der Waals surface area contributed by atoms with Crippen LogP contribution in [0.5, 0.6) is 5.75 Å². The van der Waals surface area contributed by atoms with Crippen LogP contribution < -0.4 is 4.74 Å². The fourth-order valence-corrected chi connectivity index (χ4v) is 2.54. The first kappa shape index (κ1) is 15.5. The van der Waals surface area contributed by atoms with Gasteiger partial charge in [-0.15, -0.1) is 0 Å². The minimum atomic E-state index is -4.42. The van der Waals surface area contributed by atoms with Gasteiger partial charge in [0.25, 0.3) is 0 Å². The summed E-state index contributed by atoms with van der Waals surface area (Å²) in [6.45, 7) is 0.762. The number of hydrogen-bond donors (Lipinski definition) is 1. The summed E-state index contributed by atoms with van der Waals surface area (Å²) >= 11 is 0. The van der Waals surface area contributed by atoms with Gasteiger partial charge in [-0.25, -0.2) is 4.79 Å². The van der Waals surface area contributed by atoms with E-state index in [1.165, 1.54) is 24.1 Å². The number of carbonyl (C=O) groups is 1. The summed E-state index contributed by atoms with van der Waals surface area (Å²) in [5, 5.41) is 8.73. The number of amides is 1. The Balaban J connectivity index is 2.07. The topological polar surface area (TPSA) is 49.8 Å². The number of ether oxygens (including phenoxy) is 1. The van der Waals surface area contributed by atoms with Gasteiger partial charge >= 0.3 is 12.3 Å². The Kier molecular flexibility index (Phi) is 4.29. The Morgan fingerprint density at radius 2 is 2.10 bits per heavy atom. The number of alkyl halides is 3. The van der Waals surface area contributed by atoms with Crippen molar-refractivity contribution in [2.24, 2.45) is 5.92 Å². The monoisotopic (exact) mass is 303 g/mol. The summed E-state index contributed by atoms with van der Waals surface area (Å²) in [7, 11) is 1.34. The minimum absolute atomic E-state index is 0.104. The van der Waals surface area contributed by atoms with Crippen molar-refractivity contribution in [2.75, 3.05) is 20.2 Å². The van der Waals surface area contributed by atoms with E-state index >= 15 is 0 Å². The molecule has 0 saturated carbocycles. The molecule has 1 aromatic carbocycles. The van der Waals surface area contributed by atoms with Crippen molar-refractivity contribution >= 4 is 6.09 Å². The molecule has 7 heteroatoms. The lowest BCUT2D eigenvalue weighted by Crippen LogP contribution is -2.49. The molecule has 0 atom stereocenters. The Bertz CT molecular complexity index is 525. The first-order valence-electron chi connectivity index (χ1n) is 6.54. The Labute approximate surface area is 120 Å². The van der Waals surface area contributed by atoms with E-state index in [9.17, 15) is 18.0 Å². The zero-order chi connectivity index (χ0) is 15.6. The molecule has 0 unspecified atom stereocenters. The number of halogens is 3. The molecule has 0 bridgehead atoms. The molecule has 1 fully saturated rings. The highest BCUT2D eigenvalue weighted by Crippen LogP contribution is 2.37. The predicted octanol–water partition coefficient (Wildman–Crippen LogP) is 3.26. The van der Waals surface area contributed by atoms with E-state index < -0.39 is 17.8 Å². The summed E-state index contributed by atoms with van der Waals surface area (Å²) in [6.07, 6.45) is -4.68. The van der Waals surface area contributed by atoms with Gasteiger partial charge in [0, 0.05) is 18.7 Å². The zero-order valence-electron chi connectivity index (χ0n) is 11.5. The van der Waals surface area contributed by atoms with Crippen LogP contribution in [0.1, 0.15) is 17.5 Å². The standard InChI is InChI=1S/C14H16F3NO3/c1-21-12-4-2-3-11(14(15,16)17)10(12)6-5-9-7-18(8-9)13(19)20/h2-4,9H,5-8H2,1H3,(H,19,20). The van der Waals surface area contributed by atoms with Gasteiger partial charge in [-0.05, 0) is 30.9 Å². The van der Waals surface area contributed by atoms with Crippen molar-refractivity contribution < 1.29 is 27.8 Å². The van der Waals surface area contributed by atoms with Crippen molar-refractivity contribution in [1.82, 2.24) is 4.90 Å². The van der Waals surface area contributed by atoms with E-state index in [0.717, 1.165) is 6.07 Å². The minimum Gasteiger partial charge on any atom is -0.496 e. The van der Waals surface area contributed by atoms with Crippen LogP contribution in [0.15, 0.2) is 18.2 Å². The maximum absolute atomic E-state index is 13.0. The van der Waals surface area contributed by atoms with Crippen LogP contribution in [0.3, 0.4) is 0 Å². The molecule has 1 heterocycles. The van der Waals surface area contributed by atoms with Gasteiger partial charge in [-0.3, -0.25) is 0 Å². The van der Waals surface area contributed by atoms with Crippen molar-refractivity contribution in [3.8, 4) is 5.75 Å². The maximum Gasteiger partial charge on any atom is 0.416 e. The molecule has 1 aliphatic heterocycles. The number of benzene rings is 1. The van der Waals surface area contributed by atoms with Gasteiger partial charge in [0.15, 0.2) is 0 Å². The van der Waals surface area contributed by atoms with E-state index in [-0.39, 0.29) is 23.7 Å². The Morgan fingerprint density at radius 1 is 1.43 bits per heavy atom. The summed E-state index contributed by atoms with van der Waals surface area (Å²) in [4.78, 5) is 11.9. The highest BCUT2D eigenvalue weighted by molar-refractivity contribution is 5.66. The molecule has 0 aliphatic carbocycles. The number of carboxylic acid groups (broad SMARTS) is 1. The van der Waals surface area contributed by atoms with Crippen LogP contribution in [-0.2, 0) is 12.6 Å². The lowest BCUT2D eigenvalue weighted by molar-refractivity contribution is -0.138. The largest absolute Gasteiger partial charge is 0.496 e. The number of hydrogen-bond acceptors (Lipinski definition) is 2. The van der Waals surface area contributed by atoms with Crippen LogP contribution in [-0.4, -0.2) is 36.3 Å². The molecule has 1 aliphatic rings. The molecule has 1 saturated heterocycles. The highest BCUT2D eigenvalue weighted by Gasteiger charge is 2.35. The third-order valence-corrected chi connectivity index (χ3v) is 3.69. The average Bonchev–Trinajstić information content (AvgIpc) is 2.35. The van der Waals surface area contributed by atoms with E-state index in [0.29, 0.717) is 19.5 Å². The van der Waals surface area contributed by atoms with Gasteiger partial charge in [0.1, 0.15) is 5.75 Å². The average molecular weight is 303 g/mol. The van der Waals surface area contributed by atoms with E-state index in [4.69, 9.17) is 9.84 Å². The van der Waals surface area contributed by atoms with Crippen LogP contribution in [0.2, 0.25) is 0 Å². The first-order valence-corrected chi connectivity index (χ1v) is 6.54. The second kappa shape index (κ2) is 5.83. The summed E-state index contributed by atoms with van der Waals surface area (Å²) in [6, 6.07) is 3.87. The van der Waals surface area contributed by atoms with Crippen molar-refractivity contribution in [2.45, 2.75) is 19.0 Å². The lowest BCUT2D eigenvalue weighted by Gasteiger charge is -2.37. The summed E-state index contributed by atoms with van der Waals surface area (Å²) in [5.41, 5.74) is -0.544. The van der Waals surface area contributed by atoms with E-state index in [1.54, 1.807) is 0 Å². The predicted molar refractivity (Wildman–Crippen MR) is 69.4 cm³/mol. The third kappa shape index (κ3) is 3.40. The molecule has 0 radical (unpaired) electrons. The van der Waals surface area contributed by atoms with Gasteiger partial charge in [-0.1, -0.05) is 6.07 Å². The van der Waals surface area contributed by atoms with Gasteiger partial charge in [0.2, 0.25) is 0 Å². The molecular weight excluding hydrogens is 287 g/mol. The normalized spacial score (nSPS) is 15.7. The van der Waals surface area contributed by atoms with Crippen molar-refractivity contribution in [3.63, 3.8) is 0 Å². The fraction of sp³-hybridized carbons (Fsp3) is 0.500. The number of nitrogens with zero attached hydrogens (tertiary/aromatic N) is 1. The van der Waals surface area contributed by atoms with Crippen LogP contribution in [0.25, 0.3) is 0 Å². The lowest BCUT2D eigenvalue weighted by atomic mass is 9.91. The second-order valence-corrected chi connectivity index (χ2v) is 5.08. The summed E-state index contributed by atoms with van der Waals surface area (Å²) < 4.78 is 44.1. The maximum atomic E-state index is 13.0.